The fraction of sp³-hybridized carbons (Fsp3) is 0.294. The Morgan fingerprint density at radius 2 is 1.81 bits per heavy atom. The summed E-state index contributed by atoms with van der Waals surface area (Å²) < 4.78 is 26.8. The minimum atomic E-state index is -3.64. The molecule has 2 amide bonds. The number of hydrogen-bond acceptors (Lipinski definition) is 5. The van der Waals surface area contributed by atoms with Gasteiger partial charge >= 0.3 is 0 Å². The Balaban J connectivity index is 1.65. The summed E-state index contributed by atoms with van der Waals surface area (Å²) in [7, 11) is -3.64. The zero-order valence-electron chi connectivity index (χ0n) is 14.5. The maximum Gasteiger partial charge on any atom is 0.264 e. The first-order chi connectivity index (χ1) is 12.8. The molecule has 1 fully saturated rings. The van der Waals surface area contributed by atoms with Gasteiger partial charge in [-0.15, -0.1) is 11.3 Å². The van der Waals surface area contributed by atoms with Crippen LogP contribution < -0.4 is 5.32 Å². The fourth-order valence-corrected chi connectivity index (χ4v) is 5.40. The number of carbonyl (C=O) groups excluding carboxylic acids is 2. The van der Waals surface area contributed by atoms with E-state index < -0.39 is 10.0 Å². The van der Waals surface area contributed by atoms with Crippen molar-refractivity contribution in [1.29, 1.82) is 0 Å². The molecule has 1 aromatic carbocycles. The smallest absolute Gasteiger partial charge is 0.264 e. The molecular formula is C17H18ClN3O4S2. The topological polar surface area (TPSA) is 86.8 Å². The van der Waals surface area contributed by atoms with Gasteiger partial charge in [0, 0.05) is 38.1 Å². The third-order valence-corrected chi connectivity index (χ3v) is 7.19. The summed E-state index contributed by atoms with van der Waals surface area (Å²) in [5.74, 6) is -0.368. The number of sulfonamides is 1. The van der Waals surface area contributed by atoms with Crippen LogP contribution in [0.3, 0.4) is 0 Å². The van der Waals surface area contributed by atoms with Crippen LogP contribution in [0.1, 0.15) is 16.6 Å². The molecule has 0 spiro atoms. The summed E-state index contributed by atoms with van der Waals surface area (Å²) in [6, 6.07) is 9.48. The van der Waals surface area contributed by atoms with Gasteiger partial charge in [0.15, 0.2) is 0 Å². The van der Waals surface area contributed by atoms with Gasteiger partial charge in [-0.05, 0) is 30.3 Å². The molecule has 0 bridgehead atoms. The number of benzene rings is 1. The van der Waals surface area contributed by atoms with Gasteiger partial charge in [-0.2, -0.15) is 4.31 Å². The Bertz CT molecular complexity index is 966. The highest BCUT2D eigenvalue weighted by Gasteiger charge is 2.31. The lowest BCUT2D eigenvalue weighted by Gasteiger charge is -2.33. The lowest BCUT2D eigenvalue weighted by Crippen LogP contribution is -2.50. The molecule has 27 heavy (non-hydrogen) atoms. The Kier molecular flexibility index (Phi) is 5.85. The molecule has 7 nitrogen and oxygen atoms in total. The van der Waals surface area contributed by atoms with E-state index in [-0.39, 0.29) is 29.8 Å². The highest BCUT2D eigenvalue weighted by atomic mass is 35.5. The monoisotopic (exact) mass is 427 g/mol. The molecule has 0 unspecified atom stereocenters. The minimum absolute atomic E-state index is 0.146. The zero-order chi connectivity index (χ0) is 19.6. The van der Waals surface area contributed by atoms with Crippen LogP contribution in [0.15, 0.2) is 41.3 Å². The van der Waals surface area contributed by atoms with Crippen molar-refractivity contribution in [3.63, 3.8) is 0 Å². The van der Waals surface area contributed by atoms with Crippen molar-refractivity contribution in [2.45, 2.75) is 11.8 Å². The number of nitrogens with zero attached hydrogens (tertiary/aromatic N) is 2. The van der Waals surface area contributed by atoms with Gasteiger partial charge in [0.2, 0.25) is 15.9 Å². The van der Waals surface area contributed by atoms with E-state index in [2.05, 4.69) is 5.32 Å². The lowest BCUT2D eigenvalue weighted by atomic mass is 10.3. The minimum Gasteiger partial charge on any atom is -0.335 e. The quantitative estimate of drug-likeness (QED) is 0.812. The molecule has 1 aliphatic heterocycles. The van der Waals surface area contributed by atoms with Gasteiger partial charge < -0.3 is 10.2 Å². The third kappa shape index (κ3) is 4.49. The molecule has 1 N–H and O–H groups in total. The number of anilines is 1. The summed E-state index contributed by atoms with van der Waals surface area (Å²) in [6.07, 6.45) is 0. The Morgan fingerprint density at radius 3 is 2.44 bits per heavy atom. The van der Waals surface area contributed by atoms with E-state index in [0.717, 1.165) is 0 Å². The van der Waals surface area contributed by atoms with E-state index in [9.17, 15) is 18.0 Å². The van der Waals surface area contributed by atoms with Crippen molar-refractivity contribution >= 4 is 49.8 Å². The summed E-state index contributed by atoms with van der Waals surface area (Å²) in [5.41, 5.74) is 0. The SMILES string of the molecule is CC(=O)Nc1ccc(C(=O)N2CCN(S(=O)(=O)c3cccc(Cl)c3)CC2)s1. The van der Waals surface area contributed by atoms with Gasteiger partial charge in [0.1, 0.15) is 0 Å². The van der Waals surface area contributed by atoms with Crippen molar-refractivity contribution in [3.05, 3.63) is 46.3 Å². The van der Waals surface area contributed by atoms with E-state index in [4.69, 9.17) is 11.6 Å². The second-order valence-corrected chi connectivity index (χ2v) is 9.46. The second kappa shape index (κ2) is 7.97. The van der Waals surface area contributed by atoms with Crippen molar-refractivity contribution in [1.82, 2.24) is 9.21 Å². The molecule has 2 heterocycles. The van der Waals surface area contributed by atoms with Crippen molar-refractivity contribution in [2.75, 3.05) is 31.5 Å². The number of amides is 2. The maximum atomic E-state index is 12.7. The van der Waals surface area contributed by atoms with Gasteiger partial charge in [0.25, 0.3) is 5.91 Å². The van der Waals surface area contributed by atoms with Crippen LogP contribution in [0.4, 0.5) is 5.00 Å². The number of thiophene rings is 1. The Hall–Kier alpha value is -1.94. The standard InChI is InChI=1S/C17H18ClN3O4S2/c1-12(22)19-16-6-5-15(26-16)17(23)20-7-9-21(10-8-20)27(24,25)14-4-2-3-13(18)11-14/h2-6,11H,7-10H2,1H3,(H,19,22). The molecule has 2 aromatic rings. The Labute approximate surface area is 166 Å². The number of nitrogens with one attached hydrogen (secondary N) is 1. The molecule has 1 aromatic heterocycles. The number of hydrogen-bond donors (Lipinski definition) is 1. The van der Waals surface area contributed by atoms with Crippen LogP contribution in [-0.2, 0) is 14.8 Å². The van der Waals surface area contributed by atoms with Gasteiger partial charge in [-0.1, -0.05) is 17.7 Å². The lowest BCUT2D eigenvalue weighted by molar-refractivity contribution is -0.114. The predicted molar refractivity (Wildman–Crippen MR) is 105 cm³/mol. The molecule has 0 saturated carbocycles. The average Bonchev–Trinajstić information content (AvgIpc) is 3.09. The van der Waals surface area contributed by atoms with E-state index in [1.165, 1.54) is 34.7 Å². The molecule has 0 radical (unpaired) electrons. The molecule has 0 aliphatic carbocycles. The molecular weight excluding hydrogens is 410 g/mol. The molecule has 144 valence electrons. The van der Waals surface area contributed by atoms with Crippen molar-refractivity contribution in [3.8, 4) is 0 Å². The van der Waals surface area contributed by atoms with Gasteiger partial charge in [0.05, 0.1) is 14.8 Å². The highest BCUT2D eigenvalue weighted by molar-refractivity contribution is 7.89. The molecule has 0 atom stereocenters. The summed E-state index contributed by atoms with van der Waals surface area (Å²) in [6.45, 7) is 2.42. The number of carbonyl (C=O) groups is 2. The van der Waals surface area contributed by atoms with Crippen LogP contribution in [0.5, 0.6) is 0 Å². The van der Waals surface area contributed by atoms with Gasteiger partial charge in [-0.25, -0.2) is 8.42 Å². The molecule has 1 saturated heterocycles. The van der Waals surface area contributed by atoms with Crippen LogP contribution in [0, 0.1) is 0 Å². The number of rotatable bonds is 4. The van der Waals surface area contributed by atoms with Crippen LogP contribution >= 0.6 is 22.9 Å². The molecule has 10 heteroatoms. The highest BCUT2D eigenvalue weighted by Crippen LogP contribution is 2.25. The van der Waals surface area contributed by atoms with Crippen LogP contribution in [-0.4, -0.2) is 55.6 Å². The number of halogens is 1. The predicted octanol–water partition coefficient (Wildman–Crippen LogP) is 2.51. The van der Waals surface area contributed by atoms with E-state index in [1.54, 1.807) is 29.2 Å². The number of piperazine rings is 1. The summed E-state index contributed by atoms with van der Waals surface area (Å²) >= 11 is 7.09. The van der Waals surface area contributed by atoms with Crippen LogP contribution in [0.25, 0.3) is 0 Å². The van der Waals surface area contributed by atoms with E-state index in [0.29, 0.717) is 28.0 Å². The Morgan fingerprint density at radius 1 is 1.11 bits per heavy atom. The summed E-state index contributed by atoms with van der Waals surface area (Å²) in [4.78, 5) is 26.0. The average molecular weight is 428 g/mol. The third-order valence-electron chi connectivity index (χ3n) is 4.08. The first-order valence-electron chi connectivity index (χ1n) is 8.20. The van der Waals surface area contributed by atoms with Crippen molar-refractivity contribution in [2.24, 2.45) is 0 Å². The molecule has 3 rings (SSSR count). The first-order valence-corrected chi connectivity index (χ1v) is 10.8. The fourth-order valence-electron chi connectivity index (χ4n) is 2.76. The van der Waals surface area contributed by atoms with Gasteiger partial charge in [-0.3, -0.25) is 9.59 Å². The summed E-state index contributed by atoms with van der Waals surface area (Å²) in [5, 5.41) is 3.61. The zero-order valence-corrected chi connectivity index (χ0v) is 16.9. The molecule has 1 aliphatic rings. The first kappa shape index (κ1) is 19.8. The van der Waals surface area contributed by atoms with Crippen LogP contribution in [0.2, 0.25) is 5.02 Å². The normalized spacial score (nSPS) is 15.6. The van der Waals surface area contributed by atoms with E-state index in [1.807, 2.05) is 0 Å². The largest absolute Gasteiger partial charge is 0.335 e. The second-order valence-electron chi connectivity index (χ2n) is 6.00. The maximum absolute atomic E-state index is 12.7. The van der Waals surface area contributed by atoms with Crippen molar-refractivity contribution < 1.29 is 18.0 Å². The van der Waals surface area contributed by atoms with E-state index >= 15 is 0 Å².